The van der Waals surface area contributed by atoms with Gasteiger partial charge in [0, 0.05) is 10.7 Å². The zero-order valence-corrected chi connectivity index (χ0v) is 19.1. The van der Waals surface area contributed by atoms with Gasteiger partial charge in [-0.25, -0.2) is 0 Å². The van der Waals surface area contributed by atoms with Gasteiger partial charge in [0.1, 0.15) is 13.6 Å². The largest absolute Gasteiger partial charge is 0.352 e. The molecule has 0 aromatic heterocycles. The molecule has 0 aliphatic heterocycles. The molecule has 5 heteroatoms. The van der Waals surface area contributed by atoms with Crippen LogP contribution in [-0.2, 0) is 14.2 Å². The first-order valence-electron chi connectivity index (χ1n) is 9.51. The zero-order chi connectivity index (χ0) is 18.6. The maximum absolute atomic E-state index is 5.78. The fraction of sp³-hybridized carbons (Fsp3) is 0.800. The van der Waals surface area contributed by atoms with Gasteiger partial charge in [0.2, 0.25) is 0 Å². The summed E-state index contributed by atoms with van der Waals surface area (Å²) < 4.78 is 17.1. The van der Waals surface area contributed by atoms with Crippen molar-refractivity contribution in [1.82, 2.24) is 0 Å². The molecular formula is C20H36Br2O3. The molecule has 148 valence electrons. The number of allylic oxidation sites excluding steroid dienone is 4. The van der Waals surface area contributed by atoms with E-state index in [0.717, 1.165) is 62.0 Å². The Bertz CT molecular complexity index is 292. The highest BCUT2D eigenvalue weighted by Crippen LogP contribution is 2.10. The first kappa shape index (κ1) is 25.3. The molecule has 0 saturated heterocycles. The van der Waals surface area contributed by atoms with Gasteiger partial charge in [-0.1, -0.05) is 70.0 Å². The molecule has 0 aliphatic rings. The number of alkyl halides is 2. The third-order valence-electron chi connectivity index (χ3n) is 3.88. The number of ether oxygens (including phenoxy) is 3. The molecule has 0 heterocycles. The molecule has 0 saturated carbocycles. The fourth-order valence-electron chi connectivity index (χ4n) is 2.29. The normalized spacial score (nSPS) is 14.6. The first-order chi connectivity index (χ1) is 12.3. The van der Waals surface area contributed by atoms with Crippen molar-refractivity contribution < 1.29 is 14.2 Å². The second-order valence-electron chi connectivity index (χ2n) is 5.89. The molecule has 0 N–H and O–H groups in total. The van der Waals surface area contributed by atoms with Crippen molar-refractivity contribution in [3.8, 4) is 0 Å². The van der Waals surface area contributed by atoms with Crippen LogP contribution in [0, 0.1) is 0 Å². The molecule has 0 radical (unpaired) electrons. The van der Waals surface area contributed by atoms with Crippen LogP contribution in [0.3, 0.4) is 0 Å². The van der Waals surface area contributed by atoms with Crippen LogP contribution in [0.15, 0.2) is 24.3 Å². The van der Waals surface area contributed by atoms with Gasteiger partial charge in [-0.2, -0.15) is 0 Å². The van der Waals surface area contributed by atoms with Crippen LogP contribution in [0.5, 0.6) is 0 Å². The summed E-state index contributed by atoms with van der Waals surface area (Å²) in [5.41, 5.74) is 0. The lowest BCUT2D eigenvalue weighted by atomic mass is 10.1. The van der Waals surface area contributed by atoms with Gasteiger partial charge in [0.15, 0.2) is 0 Å². The number of halogens is 2. The smallest absolute Gasteiger partial charge is 0.149 e. The van der Waals surface area contributed by atoms with Crippen LogP contribution in [0.2, 0.25) is 0 Å². The molecule has 0 aromatic carbocycles. The Morgan fingerprint density at radius 1 is 0.680 bits per heavy atom. The van der Waals surface area contributed by atoms with Gasteiger partial charge >= 0.3 is 0 Å². The van der Waals surface area contributed by atoms with Crippen LogP contribution in [0.1, 0.15) is 65.2 Å². The Labute approximate surface area is 171 Å². The first-order valence-corrected chi connectivity index (χ1v) is 11.8. The standard InChI is InChI=1S/C20H36Br2O3/c1-3-19(13-9-5-7-11-15-21)24-17-23-18-25-20(4-2)14-10-6-8-12-16-22/h5-8,19-20H,3-4,9-18H2,1-2H3/b7-5+,8-6+. The van der Waals surface area contributed by atoms with Crippen molar-refractivity contribution in [2.45, 2.75) is 77.4 Å². The van der Waals surface area contributed by atoms with Gasteiger partial charge in [-0.3, -0.25) is 0 Å². The summed E-state index contributed by atoms with van der Waals surface area (Å²) in [6.45, 7) is 4.93. The Hall–Kier alpha value is 0.320. The Balaban J connectivity index is 3.68. The topological polar surface area (TPSA) is 27.7 Å². The second-order valence-corrected chi connectivity index (χ2v) is 7.47. The van der Waals surface area contributed by atoms with Gasteiger partial charge in [0.05, 0.1) is 12.2 Å². The average Bonchev–Trinajstić information content (AvgIpc) is 2.64. The third-order valence-corrected chi connectivity index (χ3v) is 4.80. The van der Waals surface area contributed by atoms with Gasteiger partial charge in [0.25, 0.3) is 0 Å². The van der Waals surface area contributed by atoms with E-state index < -0.39 is 0 Å². The molecule has 0 aromatic rings. The van der Waals surface area contributed by atoms with Crippen LogP contribution in [0.25, 0.3) is 0 Å². The van der Waals surface area contributed by atoms with Crippen LogP contribution in [0.4, 0.5) is 0 Å². The quantitative estimate of drug-likeness (QED) is 0.0933. The van der Waals surface area contributed by atoms with E-state index in [4.69, 9.17) is 14.2 Å². The van der Waals surface area contributed by atoms with Crippen molar-refractivity contribution in [3.05, 3.63) is 24.3 Å². The predicted octanol–water partition coefficient (Wildman–Crippen LogP) is 6.75. The van der Waals surface area contributed by atoms with E-state index in [1.165, 1.54) is 0 Å². The number of rotatable bonds is 18. The molecule has 0 aliphatic carbocycles. The minimum atomic E-state index is 0.259. The maximum Gasteiger partial charge on any atom is 0.149 e. The molecular weight excluding hydrogens is 448 g/mol. The lowest BCUT2D eigenvalue weighted by Gasteiger charge is -2.18. The van der Waals surface area contributed by atoms with Crippen molar-refractivity contribution in [1.29, 1.82) is 0 Å². The van der Waals surface area contributed by atoms with Crippen molar-refractivity contribution in [2.75, 3.05) is 24.2 Å². The summed E-state index contributed by atoms with van der Waals surface area (Å²) in [5.74, 6) is 0. The van der Waals surface area contributed by atoms with Crippen molar-refractivity contribution in [2.24, 2.45) is 0 Å². The number of hydrogen-bond acceptors (Lipinski definition) is 3. The molecule has 0 fully saturated rings. The minimum absolute atomic E-state index is 0.259. The van der Waals surface area contributed by atoms with Crippen LogP contribution in [-0.4, -0.2) is 36.5 Å². The maximum atomic E-state index is 5.78. The lowest BCUT2D eigenvalue weighted by molar-refractivity contribution is -0.166. The summed E-state index contributed by atoms with van der Waals surface area (Å²) in [6, 6.07) is 0. The predicted molar refractivity (Wildman–Crippen MR) is 115 cm³/mol. The van der Waals surface area contributed by atoms with Gasteiger partial charge in [-0.15, -0.1) is 0 Å². The van der Waals surface area contributed by atoms with E-state index in [-0.39, 0.29) is 12.2 Å². The SMILES string of the molecule is CCC(CC/C=C/CCBr)OCOCOC(CC)CC/C=C/CCBr. The molecule has 0 amide bonds. The van der Waals surface area contributed by atoms with Gasteiger partial charge in [-0.05, 0) is 51.4 Å². The molecule has 25 heavy (non-hydrogen) atoms. The highest BCUT2D eigenvalue weighted by molar-refractivity contribution is 9.09. The molecule has 2 unspecified atom stereocenters. The highest BCUT2D eigenvalue weighted by Gasteiger charge is 2.07. The lowest BCUT2D eigenvalue weighted by Crippen LogP contribution is -2.18. The van der Waals surface area contributed by atoms with Crippen molar-refractivity contribution >= 4 is 31.9 Å². The molecule has 0 rings (SSSR count). The summed E-state index contributed by atoms with van der Waals surface area (Å²) in [5, 5.41) is 2.05. The van der Waals surface area contributed by atoms with E-state index in [0.29, 0.717) is 13.6 Å². The van der Waals surface area contributed by atoms with Crippen LogP contribution >= 0.6 is 31.9 Å². The monoisotopic (exact) mass is 482 g/mol. The Morgan fingerprint density at radius 2 is 1.08 bits per heavy atom. The fourth-order valence-corrected chi connectivity index (χ4v) is 2.82. The van der Waals surface area contributed by atoms with E-state index in [2.05, 4.69) is 70.0 Å². The highest BCUT2D eigenvalue weighted by atomic mass is 79.9. The molecule has 3 nitrogen and oxygen atoms in total. The summed E-state index contributed by atoms with van der Waals surface area (Å²) >= 11 is 6.84. The van der Waals surface area contributed by atoms with E-state index in [1.54, 1.807) is 0 Å². The zero-order valence-electron chi connectivity index (χ0n) is 15.9. The summed E-state index contributed by atoms with van der Waals surface area (Å²) in [6.07, 6.45) is 17.8. The Morgan fingerprint density at radius 3 is 1.44 bits per heavy atom. The molecule has 0 spiro atoms. The van der Waals surface area contributed by atoms with Crippen molar-refractivity contribution in [3.63, 3.8) is 0 Å². The third kappa shape index (κ3) is 17.5. The van der Waals surface area contributed by atoms with Crippen LogP contribution < -0.4 is 0 Å². The number of hydrogen-bond donors (Lipinski definition) is 0. The van der Waals surface area contributed by atoms with Gasteiger partial charge < -0.3 is 14.2 Å². The summed E-state index contributed by atoms with van der Waals surface area (Å²) in [7, 11) is 0. The van der Waals surface area contributed by atoms with E-state index in [1.807, 2.05) is 0 Å². The second kappa shape index (κ2) is 20.6. The molecule has 0 bridgehead atoms. The average molecular weight is 484 g/mol. The van der Waals surface area contributed by atoms with E-state index in [9.17, 15) is 0 Å². The van der Waals surface area contributed by atoms with E-state index >= 15 is 0 Å². The molecule has 2 atom stereocenters. The Kier molecular flexibility index (Phi) is 20.9. The summed E-state index contributed by atoms with van der Waals surface area (Å²) in [4.78, 5) is 0. The minimum Gasteiger partial charge on any atom is -0.352 e.